The molecule has 0 unspecified atom stereocenters. The monoisotopic (exact) mass is 175 g/mol. The van der Waals surface area contributed by atoms with Gasteiger partial charge < -0.3 is 0 Å². The predicted octanol–water partition coefficient (Wildman–Crippen LogP) is 0.962. The van der Waals surface area contributed by atoms with E-state index >= 15 is 0 Å². The van der Waals surface area contributed by atoms with Gasteiger partial charge in [-0.1, -0.05) is 0 Å². The molecule has 0 N–H and O–H groups in total. The molecule has 1 radical (unpaired) electrons. The summed E-state index contributed by atoms with van der Waals surface area (Å²) in [6, 6.07) is 0. The quantitative estimate of drug-likeness (QED) is 0.462. The molecule has 0 rings (SSSR count). The number of halogens is 3. The van der Waals surface area contributed by atoms with Gasteiger partial charge in [0, 0.05) is 18.9 Å². The number of hydrogen-bond acceptors (Lipinski definition) is 2. The molecule has 0 aromatic rings. The molecular weight excluding hydrogens is 168 g/mol. The maximum Gasteiger partial charge on any atom is 0.405 e. The molecule has 0 aliphatic carbocycles. The minimum Gasteiger partial charge on any atom is -0.299 e. The zero-order valence-electron chi connectivity index (χ0n) is 7.03. The summed E-state index contributed by atoms with van der Waals surface area (Å²) in [6.07, 6.45) is -4.74. The number of ketones is 2. The van der Waals surface area contributed by atoms with Gasteiger partial charge in [0.2, 0.25) is 0 Å². The average Bonchev–Trinajstić information content (AvgIpc) is 1.54. The van der Waals surface area contributed by atoms with E-state index in [4.69, 9.17) is 0 Å². The second-order valence-electron chi connectivity index (χ2n) is 2.20. The second kappa shape index (κ2) is 4.68. The summed E-state index contributed by atoms with van der Waals surface area (Å²) >= 11 is 0. The van der Waals surface area contributed by atoms with Crippen molar-refractivity contribution < 1.29 is 22.8 Å². The van der Waals surface area contributed by atoms with Crippen LogP contribution in [-0.2, 0) is 9.59 Å². The number of carbonyl (C=O) groups is 2. The first kappa shape index (κ1) is 14.3. The molecule has 65 valence electrons. The minimum absolute atomic E-state index is 0. The number of rotatable bonds is 2. The van der Waals surface area contributed by atoms with Crippen LogP contribution in [0.2, 0.25) is 0 Å². The molecule has 2 nitrogen and oxygen atoms in total. The Labute approximate surface area is 79.7 Å². The topological polar surface area (TPSA) is 34.1 Å². The summed E-state index contributed by atoms with van der Waals surface area (Å²) in [5, 5.41) is 0. The van der Waals surface area contributed by atoms with E-state index in [1.54, 1.807) is 0 Å². The van der Waals surface area contributed by atoms with Crippen molar-refractivity contribution in [2.45, 2.75) is 20.0 Å². The van der Waals surface area contributed by atoms with Crippen LogP contribution in [0.4, 0.5) is 13.2 Å². The van der Waals surface area contributed by atoms with Crippen molar-refractivity contribution in [3.8, 4) is 0 Å². The van der Waals surface area contributed by atoms with Crippen LogP contribution in [0, 0.1) is 5.92 Å². The van der Waals surface area contributed by atoms with Gasteiger partial charge in [-0.3, -0.25) is 9.59 Å². The fourth-order valence-electron chi connectivity index (χ4n) is 0.747. The third-order valence-corrected chi connectivity index (χ3v) is 1.14. The molecule has 0 fully saturated rings. The summed E-state index contributed by atoms with van der Waals surface area (Å²) in [5.74, 6) is -4.77. The zero-order chi connectivity index (χ0) is 9.23. The van der Waals surface area contributed by atoms with Crippen LogP contribution in [-0.4, -0.2) is 36.6 Å². The number of alkyl halides is 3. The van der Waals surface area contributed by atoms with Gasteiger partial charge in [0.15, 0.2) is 5.92 Å². The Balaban J connectivity index is 0. The number of Topliss-reactive ketones (excluding diaryl/α,β-unsaturated/α-hetero) is 2. The van der Waals surface area contributed by atoms with Crippen molar-refractivity contribution >= 4 is 30.4 Å². The van der Waals surface area contributed by atoms with Crippen molar-refractivity contribution in [1.29, 1.82) is 0 Å². The van der Waals surface area contributed by atoms with Crippen molar-refractivity contribution in [2.75, 3.05) is 0 Å². The summed E-state index contributed by atoms with van der Waals surface area (Å²) in [5.41, 5.74) is 0. The maximum absolute atomic E-state index is 11.8. The van der Waals surface area contributed by atoms with Crippen molar-refractivity contribution in [3.63, 3.8) is 0 Å². The van der Waals surface area contributed by atoms with Crippen molar-refractivity contribution in [1.82, 2.24) is 0 Å². The molecule has 0 bridgehead atoms. The third-order valence-electron chi connectivity index (χ3n) is 1.14. The Morgan fingerprint density at radius 2 is 1.33 bits per heavy atom. The van der Waals surface area contributed by atoms with Crippen LogP contribution in [0.15, 0.2) is 0 Å². The molecule has 0 saturated carbocycles. The van der Waals surface area contributed by atoms with Gasteiger partial charge in [-0.15, -0.1) is 0 Å². The fourth-order valence-corrected chi connectivity index (χ4v) is 0.747. The summed E-state index contributed by atoms with van der Waals surface area (Å²) in [4.78, 5) is 20.6. The van der Waals surface area contributed by atoms with E-state index in [1.165, 1.54) is 0 Å². The van der Waals surface area contributed by atoms with Crippen LogP contribution in [0.25, 0.3) is 0 Å². The molecular formula is C6H7F3LiO2. The van der Waals surface area contributed by atoms with Crippen LogP contribution < -0.4 is 0 Å². The molecule has 0 atom stereocenters. The third kappa shape index (κ3) is 3.93. The first-order valence-corrected chi connectivity index (χ1v) is 2.84. The van der Waals surface area contributed by atoms with E-state index in [0.717, 1.165) is 13.8 Å². The number of hydrogen-bond donors (Lipinski definition) is 0. The molecule has 0 aliphatic rings. The standard InChI is InChI=1S/C6H7F3O2.Li/c1-3(10)5(4(2)11)6(7,8)9;/h5H,1-2H3;. The van der Waals surface area contributed by atoms with Crippen LogP contribution in [0.1, 0.15) is 13.8 Å². The maximum atomic E-state index is 11.8. The van der Waals surface area contributed by atoms with Gasteiger partial charge >= 0.3 is 6.18 Å². The minimum atomic E-state index is -4.74. The SMILES string of the molecule is CC(=O)C(C(C)=O)C(F)(F)F.[Li]. The Kier molecular flexibility index (Phi) is 5.56. The molecule has 0 aliphatic heterocycles. The van der Waals surface area contributed by atoms with Gasteiger partial charge in [0.1, 0.15) is 11.6 Å². The predicted molar refractivity (Wildman–Crippen MR) is 36.7 cm³/mol. The molecule has 0 aromatic heterocycles. The Bertz CT molecular complexity index is 174. The van der Waals surface area contributed by atoms with Gasteiger partial charge in [-0.25, -0.2) is 0 Å². The van der Waals surface area contributed by atoms with Gasteiger partial charge in [0.05, 0.1) is 0 Å². The van der Waals surface area contributed by atoms with Crippen LogP contribution in [0.5, 0.6) is 0 Å². The molecule has 6 heteroatoms. The smallest absolute Gasteiger partial charge is 0.299 e. The number of carbonyl (C=O) groups excluding carboxylic acids is 2. The van der Waals surface area contributed by atoms with E-state index in [9.17, 15) is 22.8 Å². The second-order valence-corrected chi connectivity index (χ2v) is 2.20. The van der Waals surface area contributed by atoms with E-state index in [0.29, 0.717) is 0 Å². The molecule has 0 saturated heterocycles. The Morgan fingerprint density at radius 3 is 1.33 bits per heavy atom. The van der Waals surface area contributed by atoms with E-state index in [-0.39, 0.29) is 18.9 Å². The largest absolute Gasteiger partial charge is 0.405 e. The molecule has 12 heavy (non-hydrogen) atoms. The average molecular weight is 175 g/mol. The van der Waals surface area contributed by atoms with Gasteiger partial charge in [0.25, 0.3) is 0 Å². The van der Waals surface area contributed by atoms with Crippen molar-refractivity contribution in [3.05, 3.63) is 0 Å². The van der Waals surface area contributed by atoms with Gasteiger partial charge in [-0.05, 0) is 13.8 Å². The van der Waals surface area contributed by atoms with Gasteiger partial charge in [-0.2, -0.15) is 13.2 Å². The molecule has 0 aromatic carbocycles. The molecule has 0 heterocycles. The Morgan fingerprint density at radius 1 is 1.08 bits per heavy atom. The summed E-state index contributed by atoms with van der Waals surface area (Å²) < 4.78 is 35.3. The van der Waals surface area contributed by atoms with Crippen molar-refractivity contribution in [2.24, 2.45) is 5.92 Å². The van der Waals surface area contributed by atoms with Crippen LogP contribution >= 0.6 is 0 Å². The van der Waals surface area contributed by atoms with Crippen LogP contribution in [0.3, 0.4) is 0 Å². The Hall–Kier alpha value is -0.273. The first-order valence-electron chi connectivity index (χ1n) is 2.84. The first-order chi connectivity index (χ1) is 4.76. The molecule has 0 spiro atoms. The summed E-state index contributed by atoms with van der Waals surface area (Å²) in [6.45, 7) is 1.50. The van der Waals surface area contributed by atoms with E-state index < -0.39 is 23.7 Å². The summed E-state index contributed by atoms with van der Waals surface area (Å²) in [7, 11) is 0. The normalized spacial score (nSPS) is 10.8. The van der Waals surface area contributed by atoms with E-state index in [2.05, 4.69) is 0 Å². The zero-order valence-corrected chi connectivity index (χ0v) is 7.03. The fraction of sp³-hybridized carbons (Fsp3) is 0.667. The molecule has 0 amide bonds. The van der Waals surface area contributed by atoms with E-state index in [1.807, 2.05) is 0 Å².